The molecule has 1 fully saturated rings. The van der Waals surface area contributed by atoms with Gasteiger partial charge in [-0.3, -0.25) is 0 Å². The van der Waals surface area contributed by atoms with E-state index in [1.165, 1.54) is 23.2 Å². The molecule has 2 rings (SSSR count). The van der Waals surface area contributed by atoms with Gasteiger partial charge in [0.1, 0.15) is 0 Å². The largest absolute Gasteiger partial charge is 0.381 e. The van der Waals surface area contributed by atoms with Crippen molar-refractivity contribution >= 4 is 5.69 Å². The summed E-state index contributed by atoms with van der Waals surface area (Å²) < 4.78 is 0. The van der Waals surface area contributed by atoms with E-state index in [4.69, 9.17) is 0 Å². The summed E-state index contributed by atoms with van der Waals surface area (Å²) in [5, 5.41) is 6.90. The average Bonchev–Trinajstić information content (AvgIpc) is 2.79. The lowest BCUT2D eigenvalue weighted by Gasteiger charge is -2.13. The molecule has 0 saturated carbocycles. The first-order chi connectivity index (χ1) is 7.75. The summed E-state index contributed by atoms with van der Waals surface area (Å²) in [4.78, 5) is 0. The van der Waals surface area contributed by atoms with Crippen LogP contribution >= 0.6 is 0 Å². The second-order valence-electron chi connectivity index (χ2n) is 4.13. The molecule has 1 aliphatic rings. The first kappa shape index (κ1) is 13.0. The highest BCUT2D eigenvalue weighted by Gasteiger charge is 2.13. The molecule has 0 amide bonds. The zero-order valence-electron chi connectivity index (χ0n) is 10.9. The maximum Gasteiger partial charge on any atom is 0.0398 e. The van der Waals surface area contributed by atoms with Gasteiger partial charge in [0.25, 0.3) is 0 Å². The van der Waals surface area contributed by atoms with E-state index in [1.807, 2.05) is 13.8 Å². The monoisotopic (exact) mass is 220 g/mol. The molecule has 1 aromatic rings. The van der Waals surface area contributed by atoms with Gasteiger partial charge in [-0.1, -0.05) is 19.9 Å². The van der Waals surface area contributed by atoms with Crippen molar-refractivity contribution in [3.63, 3.8) is 0 Å². The van der Waals surface area contributed by atoms with E-state index in [2.05, 4.69) is 42.7 Å². The quantitative estimate of drug-likeness (QED) is 0.800. The van der Waals surface area contributed by atoms with E-state index in [1.54, 1.807) is 0 Å². The standard InChI is InChI=1S/C12H18N2.C2H6/c1-9-3-4-11(7-10(9)2)14-12-5-6-13-8-12;1-2/h3-4,7,12-14H,5-6,8H2,1-2H3;1-2H3/t12-;/m1./s1. The predicted octanol–water partition coefficient (Wildman–Crippen LogP) is 3.10. The average molecular weight is 220 g/mol. The van der Waals surface area contributed by atoms with Crippen LogP contribution in [0.4, 0.5) is 5.69 Å². The highest BCUT2D eigenvalue weighted by Crippen LogP contribution is 2.16. The molecule has 0 aliphatic carbocycles. The fourth-order valence-electron chi connectivity index (χ4n) is 1.84. The Morgan fingerprint density at radius 1 is 1.19 bits per heavy atom. The van der Waals surface area contributed by atoms with Crippen LogP contribution < -0.4 is 10.6 Å². The van der Waals surface area contributed by atoms with Crippen LogP contribution in [-0.2, 0) is 0 Å². The molecule has 0 aromatic heterocycles. The van der Waals surface area contributed by atoms with Crippen molar-refractivity contribution < 1.29 is 0 Å². The summed E-state index contributed by atoms with van der Waals surface area (Å²) >= 11 is 0. The molecule has 1 aliphatic heterocycles. The number of benzene rings is 1. The third-order valence-corrected chi connectivity index (χ3v) is 2.94. The summed E-state index contributed by atoms with van der Waals surface area (Å²) in [5.41, 5.74) is 3.97. The maximum absolute atomic E-state index is 3.55. The van der Waals surface area contributed by atoms with Crippen LogP contribution in [0, 0.1) is 13.8 Å². The summed E-state index contributed by atoms with van der Waals surface area (Å²) in [5.74, 6) is 0. The Morgan fingerprint density at radius 3 is 2.50 bits per heavy atom. The Morgan fingerprint density at radius 2 is 1.94 bits per heavy atom. The number of rotatable bonds is 2. The molecule has 16 heavy (non-hydrogen) atoms. The fraction of sp³-hybridized carbons (Fsp3) is 0.571. The minimum absolute atomic E-state index is 0.608. The number of hydrogen-bond donors (Lipinski definition) is 2. The van der Waals surface area contributed by atoms with Gasteiger partial charge >= 0.3 is 0 Å². The zero-order valence-corrected chi connectivity index (χ0v) is 10.9. The molecular weight excluding hydrogens is 196 g/mol. The SMILES string of the molecule is CC.Cc1ccc(N[C@@H]2CCNC2)cc1C. The Labute approximate surface area is 99.5 Å². The molecule has 1 saturated heterocycles. The normalized spacial score (nSPS) is 18.9. The van der Waals surface area contributed by atoms with Crippen molar-refractivity contribution in [1.82, 2.24) is 5.32 Å². The van der Waals surface area contributed by atoms with Crippen molar-refractivity contribution in [3.05, 3.63) is 29.3 Å². The van der Waals surface area contributed by atoms with Crippen molar-refractivity contribution in [2.24, 2.45) is 0 Å². The van der Waals surface area contributed by atoms with Crippen molar-refractivity contribution in [3.8, 4) is 0 Å². The van der Waals surface area contributed by atoms with Gasteiger partial charge in [0.05, 0.1) is 0 Å². The van der Waals surface area contributed by atoms with E-state index in [-0.39, 0.29) is 0 Å². The third-order valence-electron chi connectivity index (χ3n) is 2.94. The Hall–Kier alpha value is -1.02. The highest BCUT2D eigenvalue weighted by molar-refractivity contribution is 5.48. The first-order valence-corrected chi connectivity index (χ1v) is 6.30. The second kappa shape index (κ2) is 6.54. The van der Waals surface area contributed by atoms with Gasteiger partial charge in [-0.2, -0.15) is 0 Å². The van der Waals surface area contributed by atoms with Gasteiger partial charge < -0.3 is 10.6 Å². The molecule has 0 radical (unpaired) electrons. The van der Waals surface area contributed by atoms with E-state index in [0.717, 1.165) is 13.1 Å². The van der Waals surface area contributed by atoms with Gasteiger partial charge in [0.2, 0.25) is 0 Å². The zero-order chi connectivity index (χ0) is 12.0. The van der Waals surface area contributed by atoms with E-state index in [0.29, 0.717) is 6.04 Å². The van der Waals surface area contributed by atoms with E-state index >= 15 is 0 Å². The summed E-state index contributed by atoms with van der Waals surface area (Å²) in [6.07, 6.45) is 1.23. The Balaban J connectivity index is 0.000000606. The molecule has 2 N–H and O–H groups in total. The van der Waals surface area contributed by atoms with Gasteiger partial charge in [-0.15, -0.1) is 0 Å². The van der Waals surface area contributed by atoms with Crippen LogP contribution in [0.5, 0.6) is 0 Å². The van der Waals surface area contributed by atoms with Crippen molar-refractivity contribution in [2.75, 3.05) is 18.4 Å². The number of nitrogens with one attached hydrogen (secondary N) is 2. The molecule has 1 aromatic carbocycles. The van der Waals surface area contributed by atoms with Crippen LogP contribution in [0.3, 0.4) is 0 Å². The summed E-state index contributed by atoms with van der Waals surface area (Å²) in [6.45, 7) is 10.5. The lowest BCUT2D eigenvalue weighted by Crippen LogP contribution is -2.22. The smallest absolute Gasteiger partial charge is 0.0398 e. The van der Waals surface area contributed by atoms with Gasteiger partial charge in [-0.05, 0) is 50.1 Å². The Bertz CT molecular complexity index is 315. The van der Waals surface area contributed by atoms with Crippen LogP contribution in [0.1, 0.15) is 31.4 Å². The molecule has 0 unspecified atom stereocenters. The molecule has 2 heteroatoms. The second-order valence-corrected chi connectivity index (χ2v) is 4.13. The van der Waals surface area contributed by atoms with E-state index < -0.39 is 0 Å². The van der Waals surface area contributed by atoms with Gasteiger partial charge in [0.15, 0.2) is 0 Å². The van der Waals surface area contributed by atoms with Crippen LogP contribution in [0.15, 0.2) is 18.2 Å². The minimum Gasteiger partial charge on any atom is -0.381 e. The third kappa shape index (κ3) is 3.53. The van der Waals surface area contributed by atoms with Gasteiger partial charge in [-0.25, -0.2) is 0 Å². The van der Waals surface area contributed by atoms with Crippen LogP contribution in [0.25, 0.3) is 0 Å². The van der Waals surface area contributed by atoms with Crippen molar-refractivity contribution in [1.29, 1.82) is 0 Å². The van der Waals surface area contributed by atoms with E-state index in [9.17, 15) is 0 Å². The molecule has 0 spiro atoms. The lowest BCUT2D eigenvalue weighted by molar-refractivity contribution is 0.793. The van der Waals surface area contributed by atoms with Gasteiger partial charge in [0, 0.05) is 18.3 Å². The fourth-order valence-corrected chi connectivity index (χ4v) is 1.84. The Kier molecular flexibility index (Phi) is 5.33. The number of hydrogen-bond acceptors (Lipinski definition) is 2. The van der Waals surface area contributed by atoms with Crippen LogP contribution in [-0.4, -0.2) is 19.1 Å². The highest BCUT2D eigenvalue weighted by atomic mass is 15.0. The summed E-state index contributed by atoms with van der Waals surface area (Å²) in [7, 11) is 0. The number of aryl methyl sites for hydroxylation is 2. The minimum atomic E-state index is 0.608. The first-order valence-electron chi connectivity index (χ1n) is 6.30. The summed E-state index contributed by atoms with van der Waals surface area (Å²) in [6, 6.07) is 7.19. The topological polar surface area (TPSA) is 24.1 Å². The van der Waals surface area contributed by atoms with Crippen molar-refractivity contribution in [2.45, 2.75) is 40.2 Å². The lowest BCUT2D eigenvalue weighted by atomic mass is 10.1. The predicted molar refractivity (Wildman–Crippen MR) is 72.2 cm³/mol. The van der Waals surface area contributed by atoms with Crippen LogP contribution in [0.2, 0.25) is 0 Å². The molecular formula is C14H24N2. The molecule has 0 bridgehead atoms. The molecule has 2 nitrogen and oxygen atoms in total. The molecule has 1 atom stereocenters. The number of anilines is 1. The maximum atomic E-state index is 3.55. The molecule has 90 valence electrons. The molecule has 1 heterocycles.